The molecule has 17 heavy (non-hydrogen) atoms. The van der Waals surface area contributed by atoms with Crippen molar-refractivity contribution in [2.75, 3.05) is 6.54 Å². The molecule has 0 aromatic rings. The number of carboxylic acid groups (broad SMARTS) is 1. The van der Waals surface area contributed by atoms with Crippen molar-refractivity contribution in [2.24, 2.45) is 0 Å². The summed E-state index contributed by atoms with van der Waals surface area (Å²) in [5.41, 5.74) is -0.505. The van der Waals surface area contributed by atoms with E-state index in [0.29, 0.717) is 25.8 Å². The molecule has 0 rings (SSSR count). The average molecular weight is 266 g/mol. The Morgan fingerprint density at radius 3 is 2.24 bits per heavy atom. The second kappa shape index (κ2) is 6.93. The van der Waals surface area contributed by atoms with Crippen molar-refractivity contribution in [2.45, 2.75) is 52.0 Å². The molecule has 0 radical (unpaired) electrons. The fourth-order valence-corrected chi connectivity index (χ4v) is 2.52. The minimum atomic E-state index is -3.46. The average Bonchev–Trinajstić information content (AvgIpc) is 2.06. The van der Waals surface area contributed by atoms with Gasteiger partial charge >= 0.3 is 5.97 Å². The summed E-state index contributed by atoms with van der Waals surface area (Å²) in [6, 6.07) is 0. The van der Waals surface area contributed by atoms with Crippen LogP contribution in [-0.2, 0) is 15.0 Å². The molecule has 0 aromatic heterocycles. The van der Waals surface area contributed by atoms with Crippen LogP contribution in [0.15, 0.2) is 0 Å². The molecule has 0 aliphatic heterocycles. The van der Waals surface area contributed by atoms with Crippen LogP contribution in [0.25, 0.3) is 0 Å². The van der Waals surface area contributed by atoms with Crippen LogP contribution >= 0.6 is 0 Å². The third-order valence-electron chi connectivity index (χ3n) is 1.80. The van der Waals surface area contributed by atoms with Crippen molar-refractivity contribution in [3.63, 3.8) is 0 Å². The van der Waals surface area contributed by atoms with E-state index in [2.05, 4.69) is 9.44 Å². The molecule has 0 saturated heterocycles. The number of aliphatic carboxylic acids is 1. The van der Waals surface area contributed by atoms with Gasteiger partial charge in [-0.2, -0.15) is 13.1 Å². The van der Waals surface area contributed by atoms with Crippen molar-refractivity contribution in [3.05, 3.63) is 0 Å². The maximum atomic E-state index is 11.5. The van der Waals surface area contributed by atoms with Gasteiger partial charge in [-0.1, -0.05) is 6.42 Å². The summed E-state index contributed by atoms with van der Waals surface area (Å²) in [5.74, 6) is -0.819. The summed E-state index contributed by atoms with van der Waals surface area (Å²) >= 11 is 0. The summed E-state index contributed by atoms with van der Waals surface area (Å²) in [5, 5.41) is 8.41. The van der Waals surface area contributed by atoms with E-state index in [1.165, 1.54) is 0 Å². The van der Waals surface area contributed by atoms with Crippen LogP contribution in [0.1, 0.15) is 46.5 Å². The van der Waals surface area contributed by atoms with Crippen LogP contribution in [0.4, 0.5) is 0 Å². The zero-order valence-corrected chi connectivity index (χ0v) is 11.4. The predicted molar refractivity (Wildman–Crippen MR) is 65.9 cm³/mol. The fraction of sp³-hybridized carbons (Fsp3) is 0.900. The number of carboxylic acids is 1. The van der Waals surface area contributed by atoms with E-state index in [1.54, 1.807) is 20.8 Å². The van der Waals surface area contributed by atoms with Gasteiger partial charge in [-0.3, -0.25) is 4.79 Å². The highest BCUT2D eigenvalue weighted by molar-refractivity contribution is 7.87. The van der Waals surface area contributed by atoms with Crippen LogP contribution in [0.2, 0.25) is 0 Å². The SMILES string of the molecule is CC(C)(C)NS(=O)(=O)NCCCCCC(=O)O. The summed E-state index contributed by atoms with van der Waals surface area (Å²) < 4.78 is 27.8. The van der Waals surface area contributed by atoms with E-state index in [1.807, 2.05) is 0 Å². The molecule has 0 aliphatic carbocycles. The standard InChI is InChI=1S/C10H22N2O4S/c1-10(2,3)12-17(15,16)11-8-6-4-5-7-9(13)14/h11-12H,4-8H2,1-3H3,(H,13,14). The van der Waals surface area contributed by atoms with Crippen LogP contribution < -0.4 is 9.44 Å². The maximum absolute atomic E-state index is 11.5. The Labute approximate surface area is 103 Å². The predicted octanol–water partition coefficient (Wildman–Crippen LogP) is 0.854. The van der Waals surface area contributed by atoms with Gasteiger partial charge in [-0.25, -0.2) is 4.72 Å². The smallest absolute Gasteiger partial charge is 0.303 e. The van der Waals surface area contributed by atoms with Crippen molar-refractivity contribution in [1.29, 1.82) is 0 Å². The van der Waals surface area contributed by atoms with Crippen molar-refractivity contribution < 1.29 is 18.3 Å². The highest BCUT2D eigenvalue weighted by Crippen LogP contribution is 2.02. The van der Waals surface area contributed by atoms with E-state index in [4.69, 9.17) is 5.11 Å². The molecule has 0 spiro atoms. The Hall–Kier alpha value is -0.660. The normalized spacial score (nSPS) is 12.6. The fourth-order valence-electron chi connectivity index (χ4n) is 1.22. The lowest BCUT2D eigenvalue weighted by atomic mass is 10.1. The molecular weight excluding hydrogens is 244 g/mol. The lowest BCUT2D eigenvalue weighted by Crippen LogP contribution is -2.47. The van der Waals surface area contributed by atoms with Gasteiger partial charge in [0.1, 0.15) is 0 Å². The molecule has 102 valence electrons. The topological polar surface area (TPSA) is 95.5 Å². The van der Waals surface area contributed by atoms with Gasteiger partial charge in [0, 0.05) is 18.5 Å². The van der Waals surface area contributed by atoms with Gasteiger partial charge < -0.3 is 5.11 Å². The summed E-state index contributed by atoms with van der Waals surface area (Å²) in [4.78, 5) is 10.2. The monoisotopic (exact) mass is 266 g/mol. The van der Waals surface area contributed by atoms with Gasteiger partial charge in [-0.15, -0.1) is 0 Å². The quantitative estimate of drug-likeness (QED) is 0.568. The second-order valence-corrected chi connectivity index (χ2v) is 6.45. The molecule has 0 bridgehead atoms. The largest absolute Gasteiger partial charge is 0.481 e. The Morgan fingerprint density at radius 2 is 1.76 bits per heavy atom. The van der Waals surface area contributed by atoms with Crippen molar-refractivity contribution in [1.82, 2.24) is 9.44 Å². The molecular formula is C10H22N2O4S. The van der Waals surface area contributed by atoms with Gasteiger partial charge in [0.2, 0.25) is 0 Å². The molecule has 0 aromatic carbocycles. The Morgan fingerprint density at radius 1 is 1.18 bits per heavy atom. The molecule has 0 atom stereocenters. The number of hydrogen-bond donors (Lipinski definition) is 3. The molecule has 0 amide bonds. The van der Waals surface area contributed by atoms with E-state index in [-0.39, 0.29) is 6.42 Å². The molecule has 0 unspecified atom stereocenters. The molecule has 0 fully saturated rings. The number of rotatable bonds is 8. The summed E-state index contributed by atoms with van der Waals surface area (Å²) in [7, 11) is -3.46. The molecule has 6 nitrogen and oxygen atoms in total. The van der Waals surface area contributed by atoms with E-state index >= 15 is 0 Å². The van der Waals surface area contributed by atoms with Crippen molar-refractivity contribution in [3.8, 4) is 0 Å². The molecule has 0 aliphatic rings. The molecule has 7 heteroatoms. The number of hydrogen-bond acceptors (Lipinski definition) is 3. The van der Waals surface area contributed by atoms with Crippen LogP contribution in [0.3, 0.4) is 0 Å². The molecule has 3 N–H and O–H groups in total. The second-order valence-electron chi connectivity index (χ2n) is 4.95. The van der Waals surface area contributed by atoms with Gasteiger partial charge in [-0.05, 0) is 33.6 Å². The third-order valence-corrected chi connectivity index (χ3v) is 3.27. The number of unbranched alkanes of at least 4 members (excludes halogenated alkanes) is 2. The highest BCUT2D eigenvalue weighted by atomic mass is 32.2. The lowest BCUT2D eigenvalue weighted by molar-refractivity contribution is -0.137. The minimum absolute atomic E-state index is 0.132. The minimum Gasteiger partial charge on any atom is -0.481 e. The Kier molecular flexibility index (Phi) is 6.66. The Balaban J connectivity index is 3.71. The van der Waals surface area contributed by atoms with Crippen LogP contribution in [-0.4, -0.2) is 31.6 Å². The third kappa shape index (κ3) is 11.6. The number of nitrogens with one attached hydrogen (secondary N) is 2. The first-order valence-electron chi connectivity index (χ1n) is 5.63. The summed E-state index contributed by atoms with van der Waals surface area (Å²) in [6.45, 7) is 5.61. The lowest BCUT2D eigenvalue weighted by Gasteiger charge is -2.20. The zero-order valence-electron chi connectivity index (χ0n) is 10.6. The van der Waals surface area contributed by atoms with Crippen LogP contribution in [0, 0.1) is 0 Å². The highest BCUT2D eigenvalue weighted by Gasteiger charge is 2.18. The van der Waals surface area contributed by atoms with Gasteiger partial charge in [0.15, 0.2) is 0 Å². The first-order chi connectivity index (χ1) is 7.62. The van der Waals surface area contributed by atoms with Gasteiger partial charge in [0.25, 0.3) is 10.2 Å². The first kappa shape index (κ1) is 16.3. The number of carbonyl (C=O) groups is 1. The molecule has 0 saturated carbocycles. The first-order valence-corrected chi connectivity index (χ1v) is 7.11. The van der Waals surface area contributed by atoms with Gasteiger partial charge in [0.05, 0.1) is 0 Å². The van der Waals surface area contributed by atoms with Crippen molar-refractivity contribution >= 4 is 16.2 Å². The van der Waals surface area contributed by atoms with E-state index < -0.39 is 21.7 Å². The summed E-state index contributed by atoms with van der Waals surface area (Å²) in [6.07, 6.45) is 2.04. The van der Waals surface area contributed by atoms with E-state index in [0.717, 1.165) is 0 Å². The van der Waals surface area contributed by atoms with Crippen LogP contribution in [0.5, 0.6) is 0 Å². The Bertz CT molecular complexity index is 333. The van der Waals surface area contributed by atoms with E-state index in [9.17, 15) is 13.2 Å². The maximum Gasteiger partial charge on any atom is 0.303 e. The zero-order chi connectivity index (χ0) is 13.5. The molecule has 0 heterocycles.